The number of ketones is 1. The average molecular weight is 337 g/mol. The third kappa shape index (κ3) is 9.15. The number of Topliss-reactive ketones (excluding diaryl/α,β-unsaturated/α-hetero) is 1. The van der Waals surface area contributed by atoms with E-state index in [2.05, 4.69) is 6.92 Å². The van der Waals surface area contributed by atoms with Gasteiger partial charge in [-0.15, -0.1) is 0 Å². The molecule has 0 saturated carbocycles. The van der Waals surface area contributed by atoms with Crippen LogP contribution in [0, 0.1) is 6.92 Å². The number of unbranched alkanes of at least 4 members (excludes halogenated alkanes) is 10. The Bertz CT molecular complexity index is 453. The van der Waals surface area contributed by atoms with Gasteiger partial charge in [-0.1, -0.05) is 88.8 Å². The number of carbonyl (C=O) groups excluding carboxylic acids is 1. The normalized spacial score (nSPS) is 10.9. The number of halogens is 1. The molecular formula is C21H33ClO. The van der Waals surface area contributed by atoms with Crippen molar-refractivity contribution in [3.63, 3.8) is 0 Å². The summed E-state index contributed by atoms with van der Waals surface area (Å²) in [5.41, 5.74) is 1.83. The van der Waals surface area contributed by atoms with Crippen molar-refractivity contribution in [2.75, 3.05) is 0 Å². The molecule has 0 bridgehead atoms. The molecule has 0 unspecified atom stereocenters. The molecule has 1 nitrogen and oxygen atoms in total. The predicted molar refractivity (Wildman–Crippen MR) is 102 cm³/mol. The van der Waals surface area contributed by atoms with Gasteiger partial charge in [0.1, 0.15) is 0 Å². The van der Waals surface area contributed by atoms with Gasteiger partial charge in [-0.2, -0.15) is 0 Å². The third-order valence-electron chi connectivity index (χ3n) is 4.51. The minimum Gasteiger partial charge on any atom is -0.294 e. The topological polar surface area (TPSA) is 17.1 Å². The molecule has 0 radical (unpaired) electrons. The van der Waals surface area contributed by atoms with Crippen LogP contribution in [0.3, 0.4) is 0 Å². The third-order valence-corrected chi connectivity index (χ3v) is 4.74. The Morgan fingerprint density at radius 3 is 1.96 bits per heavy atom. The molecule has 0 amide bonds. The summed E-state index contributed by atoms with van der Waals surface area (Å²) in [7, 11) is 0. The van der Waals surface area contributed by atoms with Crippen LogP contribution >= 0.6 is 11.6 Å². The molecule has 0 aromatic heterocycles. The summed E-state index contributed by atoms with van der Waals surface area (Å²) in [4.78, 5) is 12.2. The van der Waals surface area contributed by atoms with Crippen LogP contribution in [0.1, 0.15) is 99.9 Å². The zero-order valence-corrected chi connectivity index (χ0v) is 15.8. The zero-order valence-electron chi connectivity index (χ0n) is 15.0. The largest absolute Gasteiger partial charge is 0.294 e. The molecule has 0 saturated heterocycles. The second kappa shape index (κ2) is 12.6. The lowest BCUT2D eigenvalue weighted by Crippen LogP contribution is -2.01. The van der Waals surface area contributed by atoms with E-state index in [1.807, 2.05) is 19.1 Å². The summed E-state index contributed by atoms with van der Waals surface area (Å²) in [6, 6.07) is 5.57. The van der Waals surface area contributed by atoms with Gasteiger partial charge in [0.25, 0.3) is 0 Å². The summed E-state index contributed by atoms with van der Waals surface area (Å²) < 4.78 is 0. The highest BCUT2D eigenvalue weighted by atomic mass is 35.5. The molecule has 0 aliphatic heterocycles. The fraction of sp³-hybridized carbons (Fsp3) is 0.667. The smallest absolute Gasteiger partial charge is 0.163 e. The van der Waals surface area contributed by atoms with Gasteiger partial charge < -0.3 is 0 Å². The van der Waals surface area contributed by atoms with Crippen molar-refractivity contribution in [1.82, 2.24) is 0 Å². The van der Waals surface area contributed by atoms with Crippen molar-refractivity contribution in [2.45, 2.75) is 90.9 Å². The zero-order chi connectivity index (χ0) is 16.9. The number of hydrogen-bond acceptors (Lipinski definition) is 1. The number of carbonyl (C=O) groups is 1. The minimum atomic E-state index is 0.237. The Morgan fingerprint density at radius 2 is 1.39 bits per heavy atom. The average Bonchev–Trinajstić information content (AvgIpc) is 2.54. The maximum atomic E-state index is 12.2. The monoisotopic (exact) mass is 336 g/mol. The number of rotatable bonds is 13. The second-order valence-electron chi connectivity index (χ2n) is 6.67. The maximum Gasteiger partial charge on any atom is 0.163 e. The molecule has 0 N–H and O–H groups in total. The molecule has 2 heteroatoms. The summed E-state index contributed by atoms with van der Waals surface area (Å²) in [6.45, 7) is 4.24. The molecule has 0 heterocycles. The van der Waals surface area contributed by atoms with E-state index in [4.69, 9.17) is 11.6 Å². The van der Waals surface area contributed by atoms with E-state index < -0.39 is 0 Å². The van der Waals surface area contributed by atoms with E-state index in [1.54, 1.807) is 6.07 Å². The van der Waals surface area contributed by atoms with E-state index in [9.17, 15) is 4.79 Å². The molecule has 0 fully saturated rings. The summed E-state index contributed by atoms with van der Waals surface area (Å²) in [5.74, 6) is 0.237. The lowest BCUT2D eigenvalue weighted by molar-refractivity contribution is 0.0978. The Morgan fingerprint density at radius 1 is 0.870 bits per heavy atom. The fourth-order valence-electron chi connectivity index (χ4n) is 2.98. The van der Waals surface area contributed by atoms with Crippen molar-refractivity contribution in [3.8, 4) is 0 Å². The molecule has 0 aliphatic carbocycles. The molecule has 0 atom stereocenters. The molecular weight excluding hydrogens is 304 g/mol. The molecule has 1 aromatic rings. The van der Waals surface area contributed by atoms with Gasteiger partial charge in [0.2, 0.25) is 0 Å². The first-order valence-corrected chi connectivity index (χ1v) is 9.82. The van der Waals surface area contributed by atoms with Gasteiger partial charge in [0, 0.05) is 17.0 Å². The van der Waals surface area contributed by atoms with Crippen LogP contribution in [-0.2, 0) is 0 Å². The van der Waals surface area contributed by atoms with Crippen molar-refractivity contribution in [3.05, 3.63) is 34.3 Å². The lowest BCUT2D eigenvalue weighted by Gasteiger charge is -2.06. The highest BCUT2D eigenvalue weighted by molar-refractivity contribution is 6.31. The molecule has 23 heavy (non-hydrogen) atoms. The molecule has 0 aliphatic rings. The highest BCUT2D eigenvalue weighted by Crippen LogP contribution is 2.18. The van der Waals surface area contributed by atoms with Crippen molar-refractivity contribution in [1.29, 1.82) is 0 Å². The lowest BCUT2D eigenvalue weighted by atomic mass is 9.99. The predicted octanol–water partition coefficient (Wildman–Crippen LogP) is 7.53. The van der Waals surface area contributed by atoms with Crippen LogP contribution in [0.4, 0.5) is 0 Å². The Kier molecular flexibility index (Phi) is 11.1. The van der Waals surface area contributed by atoms with Gasteiger partial charge in [0.05, 0.1) is 0 Å². The summed E-state index contributed by atoms with van der Waals surface area (Å²) >= 11 is 5.98. The minimum absolute atomic E-state index is 0.237. The van der Waals surface area contributed by atoms with Crippen LogP contribution < -0.4 is 0 Å². The van der Waals surface area contributed by atoms with E-state index in [1.165, 1.54) is 64.2 Å². The van der Waals surface area contributed by atoms with Gasteiger partial charge in [-0.25, -0.2) is 0 Å². The Balaban J connectivity index is 2.02. The first-order chi connectivity index (χ1) is 11.1. The number of aryl methyl sites for hydroxylation is 1. The second-order valence-corrected chi connectivity index (χ2v) is 7.10. The molecule has 0 spiro atoms. The van der Waals surface area contributed by atoms with Gasteiger partial charge in [-0.05, 0) is 31.0 Å². The van der Waals surface area contributed by atoms with Gasteiger partial charge in [0.15, 0.2) is 5.78 Å². The molecule has 1 rings (SSSR count). The van der Waals surface area contributed by atoms with E-state index in [0.29, 0.717) is 11.4 Å². The van der Waals surface area contributed by atoms with Crippen LogP contribution in [-0.4, -0.2) is 5.78 Å². The van der Waals surface area contributed by atoms with E-state index in [-0.39, 0.29) is 5.78 Å². The molecule has 1 aromatic carbocycles. The molecule has 130 valence electrons. The van der Waals surface area contributed by atoms with Crippen LogP contribution in [0.25, 0.3) is 0 Å². The number of benzene rings is 1. The standard InChI is InChI=1S/C21H33ClO/c1-3-4-5-6-7-8-9-10-11-12-13-14-21(23)20-17-19(22)16-15-18(20)2/h15-17H,3-14H2,1-2H3. The Hall–Kier alpha value is -0.820. The van der Waals surface area contributed by atoms with Crippen molar-refractivity contribution >= 4 is 17.4 Å². The first kappa shape index (κ1) is 20.2. The summed E-state index contributed by atoms with van der Waals surface area (Å²) in [5, 5.41) is 0.651. The van der Waals surface area contributed by atoms with Crippen LogP contribution in [0.5, 0.6) is 0 Å². The van der Waals surface area contributed by atoms with E-state index >= 15 is 0 Å². The van der Waals surface area contributed by atoms with Crippen molar-refractivity contribution < 1.29 is 4.79 Å². The van der Waals surface area contributed by atoms with E-state index in [0.717, 1.165) is 17.5 Å². The van der Waals surface area contributed by atoms with Crippen molar-refractivity contribution in [2.24, 2.45) is 0 Å². The highest BCUT2D eigenvalue weighted by Gasteiger charge is 2.09. The summed E-state index contributed by atoms with van der Waals surface area (Å²) in [6.07, 6.45) is 15.1. The first-order valence-electron chi connectivity index (χ1n) is 9.44. The van der Waals surface area contributed by atoms with Gasteiger partial charge in [-0.3, -0.25) is 4.79 Å². The van der Waals surface area contributed by atoms with Gasteiger partial charge >= 0.3 is 0 Å². The van der Waals surface area contributed by atoms with Crippen LogP contribution in [0.2, 0.25) is 5.02 Å². The Labute approximate surface area is 147 Å². The fourth-order valence-corrected chi connectivity index (χ4v) is 3.15. The SMILES string of the molecule is CCCCCCCCCCCCCC(=O)c1cc(Cl)ccc1C. The quantitative estimate of drug-likeness (QED) is 0.268. The van der Waals surface area contributed by atoms with Crippen LogP contribution in [0.15, 0.2) is 18.2 Å². The number of hydrogen-bond donors (Lipinski definition) is 0. The maximum absolute atomic E-state index is 12.2.